The molecule has 0 radical (unpaired) electrons. The Labute approximate surface area is 142 Å². The van der Waals surface area contributed by atoms with Crippen molar-refractivity contribution in [2.24, 2.45) is 0 Å². The fourth-order valence-corrected chi connectivity index (χ4v) is 2.87. The van der Waals surface area contributed by atoms with E-state index in [0.29, 0.717) is 17.3 Å². The van der Waals surface area contributed by atoms with Gasteiger partial charge in [0.05, 0.1) is 12.2 Å². The fraction of sp³-hybridized carbons (Fsp3) is 0.0625. The fourth-order valence-electron chi connectivity index (χ4n) is 1.94. The maximum Gasteiger partial charge on any atom is 0.319 e. The lowest BCUT2D eigenvalue weighted by molar-refractivity contribution is 0.251. The molecule has 0 fully saturated rings. The van der Waals surface area contributed by atoms with E-state index in [4.69, 9.17) is 11.6 Å². The van der Waals surface area contributed by atoms with Crippen molar-refractivity contribution < 1.29 is 4.79 Å². The third kappa shape index (κ3) is 4.28. The summed E-state index contributed by atoms with van der Waals surface area (Å²) in [4.78, 5) is 20.4. The molecule has 0 unspecified atom stereocenters. The van der Waals surface area contributed by atoms with Gasteiger partial charge in [-0.25, -0.2) is 9.78 Å². The zero-order valence-corrected chi connectivity index (χ0v) is 13.6. The van der Waals surface area contributed by atoms with Gasteiger partial charge in [0.25, 0.3) is 0 Å². The number of benzene rings is 1. The summed E-state index contributed by atoms with van der Waals surface area (Å²) < 4.78 is 0. The molecular formula is C16H13ClN4OS. The molecule has 7 heteroatoms. The number of rotatable bonds is 4. The molecule has 2 aromatic heterocycles. The van der Waals surface area contributed by atoms with Crippen LogP contribution in [-0.4, -0.2) is 16.0 Å². The number of nitrogens with one attached hydrogen (secondary N) is 2. The number of aromatic nitrogens is 2. The van der Waals surface area contributed by atoms with E-state index < -0.39 is 0 Å². The summed E-state index contributed by atoms with van der Waals surface area (Å²) in [6.07, 6.45) is 3.48. The minimum Gasteiger partial charge on any atom is -0.331 e. The lowest BCUT2D eigenvalue weighted by atomic mass is 10.2. The van der Waals surface area contributed by atoms with Crippen molar-refractivity contribution in [3.63, 3.8) is 0 Å². The molecule has 5 nitrogen and oxygen atoms in total. The van der Waals surface area contributed by atoms with Crippen LogP contribution in [0.4, 0.5) is 10.5 Å². The van der Waals surface area contributed by atoms with Gasteiger partial charge < -0.3 is 10.6 Å². The number of amides is 2. The third-order valence-corrected chi connectivity index (χ3v) is 4.08. The van der Waals surface area contributed by atoms with Gasteiger partial charge in [0.2, 0.25) is 0 Å². The Morgan fingerprint density at radius 2 is 2.17 bits per heavy atom. The van der Waals surface area contributed by atoms with Crippen LogP contribution in [0, 0.1) is 0 Å². The third-order valence-electron chi connectivity index (χ3n) is 2.99. The molecule has 0 atom stereocenters. The van der Waals surface area contributed by atoms with E-state index in [1.165, 1.54) is 11.3 Å². The molecule has 2 heterocycles. The van der Waals surface area contributed by atoms with Crippen LogP contribution in [0.1, 0.15) is 5.01 Å². The highest BCUT2D eigenvalue weighted by Gasteiger charge is 2.07. The number of halogens is 1. The number of thiazole rings is 1. The Morgan fingerprint density at radius 1 is 1.26 bits per heavy atom. The number of urea groups is 1. The van der Waals surface area contributed by atoms with Crippen molar-refractivity contribution in [3.05, 3.63) is 64.2 Å². The average Bonchev–Trinajstić information content (AvgIpc) is 3.03. The van der Waals surface area contributed by atoms with Crippen molar-refractivity contribution >= 4 is 34.7 Å². The smallest absolute Gasteiger partial charge is 0.319 e. The van der Waals surface area contributed by atoms with Crippen LogP contribution in [-0.2, 0) is 6.54 Å². The van der Waals surface area contributed by atoms with Gasteiger partial charge in [0.15, 0.2) is 0 Å². The van der Waals surface area contributed by atoms with Crippen LogP contribution in [0.15, 0.2) is 54.2 Å². The van der Waals surface area contributed by atoms with Gasteiger partial charge in [0, 0.05) is 34.0 Å². The number of hydrogen-bond acceptors (Lipinski definition) is 4. The molecule has 116 valence electrons. The van der Waals surface area contributed by atoms with Gasteiger partial charge in [-0.05, 0) is 30.3 Å². The lowest BCUT2D eigenvalue weighted by Gasteiger charge is -2.06. The monoisotopic (exact) mass is 344 g/mol. The van der Waals surface area contributed by atoms with Crippen molar-refractivity contribution in [3.8, 4) is 11.3 Å². The van der Waals surface area contributed by atoms with Gasteiger partial charge in [-0.1, -0.05) is 17.7 Å². The quantitative estimate of drug-likeness (QED) is 0.746. The number of carbonyl (C=O) groups excluding carboxylic acids is 1. The SMILES string of the molecule is O=C(NCc1nc(-c2cccnc2)cs1)Nc1cccc(Cl)c1. The molecule has 3 rings (SSSR count). The Morgan fingerprint density at radius 3 is 2.96 bits per heavy atom. The first kappa shape index (κ1) is 15.5. The molecule has 0 spiro atoms. The number of pyridine rings is 1. The molecule has 1 aromatic carbocycles. The first-order chi connectivity index (χ1) is 11.2. The maximum absolute atomic E-state index is 11.9. The standard InChI is InChI=1S/C16H13ClN4OS/c17-12-4-1-5-13(7-12)20-16(22)19-9-15-21-14(10-23-15)11-3-2-6-18-8-11/h1-8,10H,9H2,(H2,19,20,22). The van der Waals surface area contributed by atoms with E-state index in [0.717, 1.165) is 16.3 Å². The Kier molecular flexibility index (Phi) is 4.85. The van der Waals surface area contributed by atoms with E-state index in [2.05, 4.69) is 20.6 Å². The number of carbonyl (C=O) groups is 1. The molecule has 0 aliphatic rings. The first-order valence-corrected chi connectivity index (χ1v) is 8.12. The van der Waals surface area contributed by atoms with Gasteiger partial charge in [-0.15, -0.1) is 11.3 Å². The molecule has 0 aliphatic carbocycles. The molecule has 0 aliphatic heterocycles. The van der Waals surface area contributed by atoms with Crippen LogP contribution in [0.5, 0.6) is 0 Å². The molecule has 0 saturated carbocycles. The Balaban J connectivity index is 1.56. The summed E-state index contributed by atoms with van der Waals surface area (Å²) >= 11 is 7.37. The molecule has 0 saturated heterocycles. The molecule has 0 bridgehead atoms. The Bertz CT molecular complexity index is 807. The Hall–Kier alpha value is -2.44. The van der Waals surface area contributed by atoms with Gasteiger partial charge in [-0.2, -0.15) is 0 Å². The van der Waals surface area contributed by atoms with Crippen LogP contribution < -0.4 is 10.6 Å². The summed E-state index contributed by atoms with van der Waals surface area (Å²) in [6, 6.07) is 10.5. The summed E-state index contributed by atoms with van der Waals surface area (Å²) in [5, 5.41) is 8.84. The van der Waals surface area contributed by atoms with Crippen LogP contribution in [0.2, 0.25) is 5.02 Å². The highest BCUT2D eigenvalue weighted by Crippen LogP contribution is 2.20. The first-order valence-electron chi connectivity index (χ1n) is 6.86. The molecule has 23 heavy (non-hydrogen) atoms. The second-order valence-corrected chi connectivity index (χ2v) is 6.07. The van der Waals surface area contributed by atoms with Gasteiger partial charge in [0.1, 0.15) is 5.01 Å². The van der Waals surface area contributed by atoms with E-state index >= 15 is 0 Å². The second-order valence-electron chi connectivity index (χ2n) is 4.69. The van der Waals surface area contributed by atoms with Crippen molar-refractivity contribution in [1.82, 2.24) is 15.3 Å². The van der Waals surface area contributed by atoms with Crippen LogP contribution in [0.25, 0.3) is 11.3 Å². The number of nitrogens with zero attached hydrogens (tertiary/aromatic N) is 2. The summed E-state index contributed by atoms with van der Waals surface area (Å²) in [5.41, 5.74) is 2.46. The summed E-state index contributed by atoms with van der Waals surface area (Å²) in [6.45, 7) is 0.358. The topological polar surface area (TPSA) is 66.9 Å². The second kappa shape index (κ2) is 7.21. The predicted molar refractivity (Wildman–Crippen MR) is 92.7 cm³/mol. The van der Waals surface area contributed by atoms with E-state index in [1.807, 2.05) is 17.5 Å². The minimum absolute atomic E-state index is 0.301. The summed E-state index contributed by atoms with van der Waals surface area (Å²) in [7, 11) is 0. The molecule has 3 aromatic rings. The zero-order chi connectivity index (χ0) is 16.1. The number of hydrogen-bond donors (Lipinski definition) is 2. The van der Waals surface area contributed by atoms with Crippen LogP contribution >= 0.6 is 22.9 Å². The average molecular weight is 345 g/mol. The maximum atomic E-state index is 11.9. The predicted octanol–water partition coefficient (Wildman–Crippen LogP) is 4.18. The lowest BCUT2D eigenvalue weighted by Crippen LogP contribution is -2.28. The highest BCUT2D eigenvalue weighted by atomic mass is 35.5. The zero-order valence-electron chi connectivity index (χ0n) is 12.0. The normalized spacial score (nSPS) is 10.3. The number of anilines is 1. The van der Waals surface area contributed by atoms with E-state index in [-0.39, 0.29) is 6.03 Å². The molecule has 2 amide bonds. The summed E-state index contributed by atoms with van der Waals surface area (Å²) in [5.74, 6) is 0. The molecular weight excluding hydrogens is 332 g/mol. The largest absolute Gasteiger partial charge is 0.331 e. The van der Waals surface area contributed by atoms with E-state index in [9.17, 15) is 4.79 Å². The minimum atomic E-state index is -0.301. The van der Waals surface area contributed by atoms with Gasteiger partial charge >= 0.3 is 6.03 Å². The highest BCUT2D eigenvalue weighted by molar-refractivity contribution is 7.09. The van der Waals surface area contributed by atoms with E-state index in [1.54, 1.807) is 36.7 Å². The van der Waals surface area contributed by atoms with Crippen molar-refractivity contribution in [2.75, 3.05) is 5.32 Å². The van der Waals surface area contributed by atoms with Crippen molar-refractivity contribution in [2.45, 2.75) is 6.54 Å². The van der Waals surface area contributed by atoms with Crippen LogP contribution in [0.3, 0.4) is 0 Å². The molecule has 2 N–H and O–H groups in total. The van der Waals surface area contributed by atoms with Crippen molar-refractivity contribution in [1.29, 1.82) is 0 Å². The van der Waals surface area contributed by atoms with Gasteiger partial charge in [-0.3, -0.25) is 4.98 Å².